The zero-order chi connectivity index (χ0) is 31.5. The highest BCUT2D eigenvalue weighted by atomic mass is 15.4. The molecule has 0 aromatic heterocycles. The van der Waals surface area contributed by atoms with E-state index < -0.39 is 0 Å². The van der Waals surface area contributed by atoms with E-state index >= 15 is 0 Å². The highest BCUT2D eigenvalue weighted by Crippen LogP contribution is 2.66. The van der Waals surface area contributed by atoms with Crippen molar-refractivity contribution in [3.63, 3.8) is 0 Å². The monoisotopic (exact) mass is 614 g/mol. The molecule has 8 unspecified atom stereocenters. The average molecular weight is 615 g/mol. The van der Waals surface area contributed by atoms with Gasteiger partial charge in [-0.3, -0.25) is 15.5 Å². The first-order chi connectivity index (χ1) is 22.3. The summed E-state index contributed by atoms with van der Waals surface area (Å²) in [4.78, 5) is 2.57. The van der Waals surface area contributed by atoms with E-state index in [1.165, 1.54) is 35.3 Å². The van der Waals surface area contributed by atoms with Crippen LogP contribution in [0.1, 0.15) is 65.7 Å². The molecule has 242 valence electrons. The topological polar surface area (TPSA) is 39.3 Å². The van der Waals surface area contributed by atoms with Crippen molar-refractivity contribution >= 4 is 0 Å². The largest absolute Gasteiger partial charge is 0.385 e. The van der Waals surface area contributed by atoms with Crippen LogP contribution in [0.3, 0.4) is 0 Å². The van der Waals surface area contributed by atoms with Gasteiger partial charge in [0.1, 0.15) is 0 Å². The van der Waals surface area contributed by atoms with Gasteiger partial charge in [0.2, 0.25) is 0 Å². The Bertz CT molecular complexity index is 1500. The molecule has 3 N–H and O–H groups in total. The van der Waals surface area contributed by atoms with E-state index in [2.05, 4.69) is 140 Å². The van der Waals surface area contributed by atoms with Crippen LogP contribution >= 0.6 is 0 Å². The van der Waals surface area contributed by atoms with Gasteiger partial charge in [0.25, 0.3) is 0 Å². The molecule has 4 nitrogen and oxygen atoms in total. The molecule has 8 atom stereocenters. The van der Waals surface area contributed by atoms with Crippen LogP contribution in [0.25, 0.3) is 0 Å². The highest BCUT2D eigenvalue weighted by Gasteiger charge is 2.57. The van der Waals surface area contributed by atoms with Crippen LogP contribution in [0.15, 0.2) is 119 Å². The molecule has 0 aromatic rings. The summed E-state index contributed by atoms with van der Waals surface area (Å²) in [6, 6.07) is 0. The summed E-state index contributed by atoms with van der Waals surface area (Å²) in [5.41, 5.74) is 8.02. The Labute approximate surface area is 277 Å². The van der Waals surface area contributed by atoms with E-state index in [-0.39, 0.29) is 29.3 Å². The van der Waals surface area contributed by atoms with Gasteiger partial charge in [-0.1, -0.05) is 117 Å². The molecule has 1 saturated heterocycles. The fraction of sp³-hybridized carbons (Fsp3) is 0.524. The molecule has 0 radical (unpaired) electrons. The molecule has 0 spiro atoms. The zero-order valence-electron chi connectivity index (χ0n) is 28.4. The first kappa shape index (κ1) is 30.4. The van der Waals surface area contributed by atoms with Crippen LogP contribution in [0.2, 0.25) is 0 Å². The molecular weight excluding hydrogens is 560 g/mol. The summed E-state index contributed by atoms with van der Waals surface area (Å²) >= 11 is 0. The minimum Gasteiger partial charge on any atom is -0.385 e. The normalized spacial score (nSPS) is 41.2. The Kier molecular flexibility index (Phi) is 7.90. The Morgan fingerprint density at radius 1 is 0.826 bits per heavy atom. The van der Waals surface area contributed by atoms with Crippen LogP contribution < -0.4 is 16.0 Å². The van der Waals surface area contributed by atoms with Crippen molar-refractivity contribution < 1.29 is 0 Å². The lowest BCUT2D eigenvalue weighted by molar-refractivity contribution is 0.0101. The number of hydrogen-bond acceptors (Lipinski definition) is 4. The molecular formula is C42H54N4. The summed E-state index contributed by atoms with van der Waals surface area (Å²) in [5, 5.41) is 12.0. The SMILES string of the molecule is CN1C(C2C=CC=CC2)NC(C2=CC=C(C3=CCCN3)C(C3=CCC4(C)C(=C3)C(C)(C)C3CCC=CC34)C2)NC1C1C=CC=CC1. The van der Waals surface area contributed by atoms with Crippen LogP contribution in [0, 0.1) is 40.4 Å². The first-order valence-corrected chi connectivity index (χ1v) is 18.2. The standard InChI is InChI=1S/C42H54N4/c1-41(2)34-18-11-12-19-35(34)42(3)24-23-30(27-37(41)42)33-26-31(21-22-32(33)36-20-13-25-43-36)38-44-39(28-14-7-5-8-15-28)46(4)40(45-38)29-16-9-6-10-17-29/h5-10,12,14,16,19-23,27-29,33-35,38-40,43-45H,11,13,15,17-18,24-26H2,1-4H3. The van der Waals surface area contributed by atoms with Gasteiger partial charge in [-0.2, -0.15) is 0 Å². The second kappa shape index (κ2) is 12.0. The molecule has 6 aliphatic carbocycles. The molecule has 0 aromatic carbocycles. The van der Waals surface area contributed by atoms with Crippen LogP contribution in [-0.2, 0) is 0 Å². The van der Waals surface area contributed by atoms with E-state index in [9.17, 15) is 0 Å². The van der Waals surface area contributed by atoms with Gasteiger partial charge in [-0.05, 0) is 91.4 Å². The van der Waals surface area contributed by atoms with Crippen molar-refractivity contribution in [3.05, 3.63) is 119 Å². The van der Waals surface area contributed by atoms with Gasteiger partial charge in [0.15, 0.2) is 0 Å². The predicted molar refractivity (Wildman–Crippen MR) is 191 cm³/mol. The number of allylic oxidation sites excluding steroid dienone is 15. The molecule has 8 rings (SSSR count). The van der Waals surface area contributed by atoms with E-state index in [1.807, 2.05) is 0 Å². The van der Waals surface area contributed by atoms with Gasteiger partial charge in [0.05, 0.1) is 18.5 Å². The number of fused-ring (bicyclic) bond motifs is 3. The second-order valence-corrected chi connectivity index (χ2v) is 15.9. The lowest BCUT2D eigenvalue weighted by Crippen LogP contribution is -2.71. The van der Waals surface area contributed by atoms with E-state index in [0.717, 1.165) is 44.6 Å². The minimum atomic E-state index is 0.133. The average Bonchev–Trinajstić information content (AvgIpc) is 3.69. The van der Waals surface area contributed by atoms with Gasteiger partial charge in [-0.15, -0.1) is 0 Å². The molecule has 4 heteroatoms. The number of rotatable bonds is 5. The molecule has 2 heterocycles. The van der Waals surface area contributed by atoms with Crippen molar-refractivity contribution in [2.45, 2.75) is 84.2 Å². The third kappa shape index (κ3) is 5.07. The predicted octanol–water partition coefficient (Wildman–Crippen LogP) is 7.99. The third-order valence-corrected chi connectivity index (χ3v) is 13.0. The smallest absolute Gasteiger partial charge is 0.0822 e. The molecule has 8 aliphatic rings. The van der Waals surface area contributed by atoms with Gasteiger partial charge in [-0.25, -0.2) is 0 Å². The summed E-state index contributed by atoms with van der Waals surface area (Å²) in [7, 11) is 2.31. The molecule has 2 fully saturated rings. The summed E-state index contributed by atoms with van der Waals surface area (Å²) in [5.74, 6) is 2.67. The number of hydrogen-bond donors (Lipinski definition) is 3. The molecule has 1 saturated carbocycles. The molecule has 0 amide bonds. The maximum absolute atomic E-state index is 4.13. The molecule has 0 bridgehead atoms. The van der Waals surface area contributed by atoms with E-state index in [4.69, 9.17) is 0 Å². The fourth-order valence-corrected chi connectivity index (χ4v) is 10.6. The lowest BCUT2D eigenvalue weighted by atomic mass is 9.66. The van der Waals surface area contributed by atoms with Crippen LogP contribution in [0.5, 0.6) is 0 Å². The van der Waals surface area contributed by atoms with Gasteiger partial charge in [0, 0.05) is 30.0 Å². The number of nitrogens with one attached hydrogen (secondary N) is 3. The maximum Gasteiger partial charge on any atom is 0.0822 e. The van der Waals surface area contributed by atoms with E-state index in [0.29, 0.717) is 23.7 Å². The molecule has 2 aliphatic heterocycles. The van der Waals surface area contributed by atoms with Crippen molar-refractivity contribution in [2.24, 2.45) is 40.4 Å². The Hall–Kier alpha value is -2.92. The van der Waals surface area contributed by atoms with Crippen LogP contribution in [0.4, 0.5) is 0 Å². The summed E-state index contributed by atoms with van der Waals surface area (Å²) in [6.45, 7) is 8.70. The summed E-state index contributed by atoms with van der Waals surface area (Å²) < 4.78 is 0. The summed E-state index contributed by atoms with van der Waals surface area (Å²) in [6.07, 6.45) is 44.7. The quantitative estimate of drug-likeness (QED) is 0.275. The van der Waals surface area contributed by atoms with Crippen molar-refractivity contribution in [2.75, 3.05) is 13.6 Å². The first-order valence-electron chi connectivity index (χ1n) is 18.2. The second-order valence-electron chi connectivity index (χ2n) is 15.9. The van der Waals surface area contributed by atoms with Gasteiger partial charge >= 0.3 is 0 Å². The fourth-order valence-electron chi connectivity index (χ4n) is 10.6. The van der Waals surface area contributed by atoms with Crippen molar-refractivity contribution in [1.82, 2.24) is 20.9 Å². The Morgan fingerprint density at radius 2 is 1.57 bits per heavy atom. The lowest BCUT2D eigenvalue weighted by Gasteiger charge is -2.50. The minimum absolute atomic E-state index is 0.133. The third-order valence-electron chi connectivity index (χ3n) is 13.0. The highest BCUT2D eigenvalue weighted by molar-refractivity contribution is 5.52. The van der Waals surface area contributed by atoms with Crippen molar-refractivity contribution in [1.29, 1.82) is 0 Å². The van der Waals surface area contributed by atoms with Gasteiger partial charge < -0.3 is 5.32 Å². The number of nitrogens with zero attached hydrogens (tertiary/aromatic N) is 1. The molecule has 46 heavy (non-hydrogen) atoms. The van der Waals surface area contributed by atoms with Crippen molar-refractivity contribution in [3.8, 4) is 0 Å². The Morgan fingerprint density at radius 3 is 2.22 bits per heavy atom. The Balaban J connectivity index is 1.13. The zero-order valence-corrected chi connectivity index (χ0v) is 28.4. The van der Waals surface area contributed by atoms with Crippen LogP contribution in [-0.4, -0.2) is 37.0 Å². The van der Waals surface area contributed by atoms with E-state index in [1.54, 1.807) is 5.57 Å². The maximum atomic E-state index is 4.13.